The number of benzene rings is 1. The second kappa shape index (κ2) is 5.63. The average Bonchev–Trinajstić information content (AvgIpc) is 2.74. The van der Waals surface area contributed by atoms with Gasteiger partial charge in [0.05, 0.1) is 10.4 Å². The van der Waals surface area contributed by atoms with Crippen molar-refractivity contribution in [3.63, 3.8) is 0 Å². The molecule has 22 heavy (non-hydrogen) atoms. The molecule has 0 spiro atoms. The Morgan fingerprint density at radius 2 is 2.14 bits per heavy atom. The fraction of sp³-hybridized carbons (Fsp3) is 0.429. The molecule has 0 aliphatic carbocycles. The van der Waals surface area contributed by atoms with Crippen LogP contribution in [0.25, 0.3) is 11.1 Å². The lowest BCUT2D eigenvalue weighted by Gasteiger charge is -2.24. The Balaban J connectivity index is 2.36. The number of rotatable bonds is 5. The number of aromatic nitrogens is 1. The summed E-state index contributed by atoms with van der Waals surface area (Å²) < 4.78 is 6.08. The monoisotopic (exact) mass is 307 g/mol. The van der Waals surface area contributed by atoms with Crippen molar-refractivity contribution in [2.45, 2.75) is 39.3 Å². The minimum Gasteiger partial charge on any atom is -0.408 e. The van der Waals surface area contributed by atoms with Crippen LogP contribution in [0, 0.1) is 10.1 Å². The highest BCUT2D eigenvalue weighted by atomic mass is 16.6. The van der Waals surface area contributed by atoms with E-state index in [1.807, 2.05) is 20.8 Å². The Kier molecular flexibility index (Phi) is 4.03. The summed E-state index contributed by atoms with van der Waals surface area (Å²) >= 11 is 0. The van der Waals surface area contributed by atoms with E-state index in [1.165, 1.54) is 18.2 Å². The van der Waals surface area contributed by atoms with Gasteiger partial charge in [0.15, 0.2) is 5.58 Å². The van der Waals surface area contributed by atoms with Gasteiger partial charge in [0.1, 0.15) is 6.54 Å². The van der Waals surface area contributed by atoms with Crippen LogP contribution < -0.4 is 11.1 Å². The molecule has 8 heteroatoms. The van der Waals surface area contributed by atoms with Gasteiger partial charge in [-0.15, -0.1) is 0 Å². The van der Waals surface area contributed by atoms with Gasteiger partial charge in [-0.25, -0.2) is 4.79 Å². The van der Waals surface area contributed by atoms with E-state index in [2.05, 4.69) is 5.32 Å². The molecule has 0 atom stereocenters. The first-order valence-electron chi connectivity index (χ1n) is 6.82. The summed E-state index contributed by atoms with van der Waals surface area (Å²) in [4.78, 5) is 34.1. The summed E-state index contributed by atoms with van der Waals surface area (Å²) in [5.74, 6) is -1.08. The largest absolute Gasteiger partial charge is 0.420 e. The van der Waals surface area contributed by atoms with Crippen molar-refractivity contribution in [3.8, 4) is 0 Å². The Morgan fingerprint density at radius 3 is 2.73 bits per heavy atom. The number of fused-ring (bicyclic) bond motifs is 1. The Hall–Kier alpha value is -2.64. The molecule has 1 aromatic heterocycles. The highest BCUT2D eigenvalue weighted by Gasteiger charge is 2.20. The molecule has 1 heterocycles. The molecule has 2 aromatic rings. The predicted octanol–water partition coefficient (Wildman–Crippen LogP) is 1.81. The molecule has 1 aromatic carbocycles. The first-order chi connectivity index (χ1) is 10.2. The molecule has 1 N–H and O–H groups in total. The first-order valence-corrected chi connectivity index (χ1v) is 6.82. The number of carbonyl (C=O) groups excluding carboxylic acids is 1. The van der Waals surface area contributed by atoms with Crippen molar-refractivity contribution in [2.24, 2.45) is 0 Å². The van der Waals surface area contributed by atoms with E-state index in [1.54, 1.807) is 0 Å². The summed E-state index contributed by atoms with van der Waals surface area (Å²) in [5, 5.41) is 13.6. The zero-order valence-electron chi connectivity index (χ0n) is 12.6. The summed E-state index contributed by atoms with van der Waals surface area (Å²) in [6.07, 6.45) is 0.727. The van der Waals surface area contributed by atoms with Crippen LogP contribution in [-0.4, -0.2) is 20.9 Å². The van der Waals surface area contributed by atoms with Crippen LogP contribution in [0.5, 0.6) is 0 Å². The van der Waals surface area contributed by atoms with Crippen LogP contribution in [0.15, 0.2) is 27.4 Å². The topological polar surface area (TPSA) is 107 Å². The van der Waals surface area contributed by atoms with Gasteiger partial charge in [-0.2, -0.15) is 0 Å². The molecule has 0 bridgehead atoms. The highest BCUT2D eigenvalue weighted by Crippen LogP contribution is 2.20. The van der Waals surface area contributed by atoms with Crippen LogP contribution in [-0.2, 0) is 11.3 Å². The lowest BCUT2D eigenvalue weighted by Crippen LogP contribution is -2.44. The zero-order valence-corrected chi connectivity index (χ0v) is 12.6. The molecule has 0 fully saturated rings. The average molecular weight is 307 g/mol. The Labute approximate surface area is 125 Å². The van der Waals surface area contributed by atoms with Crippen molar-refractivity contribution >= 4 is 22.7 Å². The van der Waals surface area contributed by atoms with E-state index in [-0.39, 0.29) is 29.2 Å². The number of hydrogen-bond donors (Lipinski definition) is 1. The minimum absolute atomic E-state index is 0.170. The van der Waals surface area contributed by atoms with Gasteiger partial charge in [-0.05, 0) is 26.3 Å². The first kappa shape index (κ1) is 15.7. The number of carbonyl (C=O) groups is 1. The van der Waals surface area contributed by atoms with Gasteiger partial charge in [-0.1, -0.05) is 6.92 Å². The molecule has 8 nitrogen and oxygen atoms in total. The van der Waals surface area contributed by atoms with E-state index < -0.39 is 16.2 Å². The summed E-state index contributed by atoms with van der Waals surface area (Å²) in [6.45, 7) is 5.41. The third-order valence-corrected chi connectivity index (χ3v) is 3.53. The predicted molar refractivity (Wildman–Crippen MR) is 79.6 cm³/mol. The second-order valence-electron chi connectivity index (χ2n) is 5.65. The van der Waals surface area contributed by atoms with E-state index in [9.17, 15) is 19.7 Å². The van der Waals surface area contributed by atoms with Gasteiger partial charge < -0.3 is 9.73 Å². The zero-order chi connectivity index (χ0) is 16.5. The number of nitrogens with one attached hydrogen (secondary N) is 1. The van der Waals surface area contributed by atoms with Crippen molar-refractivity contribution in [1.29, 1.82) is 0 Å². The maximum atomic E-state index is 12.1. The number of hydrogen-bond acceptors (Lipinski definition) is 5. The summed E-state index contributed by atoms with van der Waals surface area (Å²) in [7, 11) is 0. The van der Waals surface area contributed by atoms with Crippen molar-refractivity contribution in [3.05, 3.63) is 38.9 Å². The molecular weight excluding hydrogens is 290 g/mol. The summed E-state index contributed by atoms with van der Waals surface area (Å²) in [6, 6.07) is 3.81. The SMILES string of the molecule is CCC(C)(C)NC(=O)Cn1c(=O)oc2ccc([N+](=O)[O-])cc21. The number of non-ortho nitro benzene ring substituents is 1. The summed E-state index contributed by atoms with van der Waals surface area (Å²) in [5.41, 5.74) is -0.134. The maximum Gasteiger partial charge on any atom is 0.420 e. The molecule has 0 radical (unpaired) electrons. The standard InChI is InChI=1S/C14H17N3O5/c1-4-14(2,3)15-12(18)8-16-10-7-9(17(20)21)5-6-11(10)22-13(16)19/h5-7H,4,8H2,1-3H3,(H,15,18). The normalized spacial score (nSPS) is 11.6. The fourth-order valence-corrected chi connectivity index (χ4v) is 1.96. The van der Waals surface area contributed by atoms with Crippen molar-refractivity contribution in [1.82, 2.24) is 9.88 Å². The minimum atomic E-state index is -0.722. The van der Waals surface area contributed by atoms with Crippen molar-refractivity contribution in [2.75, 3.05) is 0 Å². The molecule has 0 aliphatic rings. The number of nitro benzene ring substituents is 1. The van der Waals surface area contributed by atoms with Gasteiger partial charge in [0, 0.05) is 17.7 Å². The molecule has 118 valence electrons. The fourth-order valence-electron chi connectivity index (χ4n) is 1.96. The van der Waals surface area contributed by atoms with Gasteiger partial charge in [-0.3, -0.25) is 19.5 Å². The number of oxazole rings is 1. The number of nitro groups is 1. The lowest BCUT2D eigenvalue weighted by atomic mass is 10.0. The van der Waals surface area contributed by atoms with E-state index >= 15 is 0 Å². The molecule has 0 unspecified atom stereocenters. The van der Waals surface area contributed by atoms with Crippen LogP contribution in [0.2, 0.25) is 0 Å². The molecular formula is C14H17N3O5. The van der Waals surface area contributed by atoms with Crippen LogP contribution in [0.3, 0.4) is 0 Å². The number of nitrogens with zero attached hydrogens (tertiary/aromatic N) is 2. The molecule has 2 rings (SSSR count). The maximum absolute atomic E-state index is 12.1. The third-order valence-electron chi connectivity index (χ3n) is 3.53. The van der Waals surface area contributed by atoms with E-state index in [0.717, 1.165) is 11.0 Å². The van der Waals surface area contributed by atoms with E-state index in [4.69, 9.17) is 4.42 Å². The van der Waals surface area contributed by atoms with E-state index in [0.29, 0.717) is 0 Å². The molecule has 0 saturated carbocycles. The Morgan fingerprint density at radius 1 is 1.45 bits per heavy atom. The second-order valence-corrected chi connectivity index (χ2v) is 5.65. The van der Waals surface area contributed by atoms with Crippen LogP contribution in [0.4, 0.5) is 5.69 Å². The quantitative estimate of drug-likeness (QED) is 0.669. The Bertz CT molecular complexity index is 787. The van der Waals surface area contributed by atoms with Crippen molar-refractivity contribution < 1.29 is 14.1 Å². The number of amides is 1. The van der Waals surface area contributed by atoms with Crippen LogP contribution >= 0.6 is 0 Å². The highest BCUT2D eigenvalue weighted by molar-refractivity contribution is 5.81. The van der Waals surface area contributed by atoms with Crippen LogP contribution in [0.1, 0.15) is 27.2 Å². The van der Waals surface area contributed by atoms with Gasteiger partial charge in [0.2, 0.25) is 5.91 Å². The molecule has 1 amide bonds. The third kappa shape index (κ3) is 3.16. The molecule has 0 aliphatic heterocycles. The van der Waals surface area contributed by atoms with Gasteiger partial charge >= 0.3 is 5.76 Å². The smallest absolute Gasteiger partial charge is 0.408 e. The lowest BCUT2D eigenvalue weighted by molar-refractivity contribution is -0.384. The molecule has 0 saturated heterocycles. The van der Waals surface area contributed by atoms with Gasteiger partial charge in [0.25, 0.3) is 5.69 Å².